The molecule has 0 amide bonds. The molecular formula is C16H19NO. The Labute approximate surface area is 108 Å². The van der Waals surface area contributed by atoms with E-state index in [1.54, 1.807) is 11.8 Å². The summed E-state index contributed by atoms with van der Waals surface area (Å²) in [7, 11) is 0. The summed E-state index contributed by atoms with van der Waals surface area (Å²) in [5, 5.41) is 3.50. The van der Waals surface area contributed by atoms with Crippen LogP contribution in [0.25, 0.3) is 0 Å². The zero-order valence-electron chi connectivity index (χ0n) is 10.8. The first-order chi connectivity index (χ1) is 8.83. The maximum Gasteiger partial charge on any atom is 0.120 e. The Morgan fingerprint density at radius 1 is 1.22 bits per heavy atom. The Bertz CT molecular complexity index is 516. The summed E-state index contributed by atoms with van der Waals surface area (Å²) in [6, 6.07) is 11.1. The highest BCUT2D eigenvalue weighted by Gasteiger charge is 2.11. The summed E-state index contributed by atoms with van der Waals surface area (Å²) < 4.78 is 5.40. The molecule has 0 bridgehead atoms. The third-order valence-electron chi connectivity index (χ3n) is 3.75. The predicted molar refractivity (Wildman–Crippen MR) is 72.4 cm³/mol. The van der Waals surface area contributed by atoms with Gasteiger partial charge in [0, 0.05) is 6.54 Å². The lowest BCUT2D eigenvalue weighted by molar-refractivity contribution is 0.430. The van der Waals surface area contributed by atoms with Gasteiger partial charge in [-0.3, -0.25) is 0 Å². The fourth-order valence-corrected chi connectivity index (χ4v) is 2.64. The Balaban J connectivity index is 1.63. The van der Waals surface area contributed by atoms with Crippen molar-refractivity contribution in [3.8, 4) is 0 Å². The van der Waals surface area contributed by atoms with Crippen molar-refractivity contribution < 1.29 is 4.42 Å². The van der Waals surface area contributed by atoms with E-state index in [1.165, 1.54) is 30.4 Å². The van der Waals surface area contributed by atoms with E-state index in [-0.39, 0.29) is 6.04 Å². The zero-order valence-corrected chi connectivity index (χ0v) is 10.8. The Hall–Kier alpha value is -1.54. The van der Waals surface area contributed by atoms with Crippen LogP contribution < -0.4 is 5.32 Å². The minimum atomic E-state index is 0.258. The number of hydrogen-bond acceptors (Lipinski definition) is 2. The molecule has 0 radical (unpaired) electrons. The topological polar surface area (TPSA) is 25.2 Å². The number of furan rings is 1. The van der Waals surface area contributed by atoms with E-state index in [9.17, 15) is 0 Å². The third kappa shape index (κ3) is 2.34. The van der Waals surface area contributed by atoms with E-state index in [0.717, 1.165) is 12.3 Å². The quantitative estimate of drug-likeness (QED) is 0.884. The maximum absolute atomic E-state index is 5.40. The van der Waals surface area contributed by atoms with Crippen LogP contribution in [-0.2, 0) is 19.4 Å². The number of rotatable bonds is 4. The average molecular weight is 241 g/mol. The van der Waals surface area contributed by atoms with Gasteiger partial charge in [-0.2, -0.15) is 0 Å². The second-order valence-corrected chi connectivity index (χ2v) is 5.07. The van der Waals surface area contributed by atoms with Crippen molar-refractivity contribution >= 4 is 0 Å². The molecule has 0 fully saturated rings. The van der Waals surface area contributed by atoms with Crippen LogP contribution in [0.4, 0.5) is 0 Å². The summed E-state index contributed by atoms with van der Waals surface area (Å²) in [4.78, 5) is 0. The largest absolute Gasteiger partial charge is 0.468 e. The van der Waals surface area contributed by atoms with Crippen LogP contribution >= 0.6 is 0 Å². The lowest BCUT2D eigenvalue weighted by atomic mass is 10.1. The Morgan fingerprint density at radius 3 is 2.94 bits per heavy atom. The molecule has 1 aliphatic carbocycles. The van der Waals surface area contributed by atoms with E-state index in [2.05, 4.69) is 30.4 Å². The molecule has 1 heterocycles. The minimum absolute atomic E-state index is 0.258. The molecule has 2 nitrogen and oxygen atoms in total. The zero-order chi connectivity index (χ0) is 12.4. The highest BCUT2D eigenvalue weighted by Crippen LogP contribution is 2.23. The maximum atomic E-state index is 5.40. The molecular weight excluding hydrogens is 222 g/mol. The van der Waals surface area contributed by atoms with Crippen molar-refractivity contribution in [1.29, 1.82) is 0 Å². The monoisotopic (exact) mass is 241 g/mol. The van der Waals surface area contributed by atoms with E-state index in [0.29, 0.717) is 0 Å². The molecule has 1 aliphatic rings. The van der Waals surface area contributed by atoms with Crippen LogP contribution in [0.5, 0.6) is 0 Å². The summed E-state index contributed by atoms with van der Waals surface area (Å²) in [6.45, 7) is 3.03. The number of fused-ring (bicyclic) bond motifs is 1. The molecule has 2 heteroatoms. The molecule has 1 atom stereocenters. The van der Waals surface area contributed by atoms with Gasteiger partial charge in [0.25, 0.3) is 0 Å². The van der Waals surface area contributed by atoms with Crippen LogP contribution in [0.15, 0.2) is 41.0 Å². The predicted octanol–water partition coefficient (Wildman–Crippen LogP) is 3.62. The van der Waals surface area contributed by atoms with Crippen molar-refractivity contribution in [2.24, 2.45) is 0 Å². The molecule has 0 unspecified atom stereocenters. The number of benzene rings is 1. The number of aryl methyl sites for hydroxylation is 2. The molecule has 1 N–H and O–H groups in total. The first-order valence-electron chi connectivity index (χ1n) is 6.70. The highest BCUT2D eigenvalue weighted by molar-refractivity contribution is 5.35. The third-order valence-corrected chi connectivity index (χ3v) is 3.75. The van der Waals surface area contributed by atoms with Crippen LogP contribution in [0.1, 0.15) is 41.8 Å². The number of hydrogen-bond donors (Lipinski definition) is 1. The highest BCUT2D eigenvalue weighted by atomic mass is 16.3. The molecule has 0 aliphatic heterocycles. The Morgan fingerprint density at radius 2 is 2.11 bits per heavy atom. The minimum Gasteiger partial charge on any atom is -0.468 e. The van der Waals surface area contributed by atoms with Gasteiger partial charge in [0.05, 0.1) is 12.3 Å². The molecule has 1 aromatic heterocycles. The van der Waals surface area contributed by atoms with Gasteiger partial charge in [0.15, 0.2) is 0 Å². The Kier molecular flexibility index (Phi) is 3.20. The molecule has 2 aromatic rings. The molecule has 18 heavy (non-hydrogen) atoms. The average Bonchev–Trinajstić information content (AvgIpc) is 3.05. The van der Waals surface area contributed by atoms with Gasteiger partial charge in [-0.15, -0.1) is 0 Å². The van der Waals surface area contributed by atoms with Gasteiger partial charge in [0.2, 0.25) is 0 Å². The van der Waals surface area contributed by atoms with E-state index >= 15 is 0 Å². The summed E-state index contributed by atoms with van der Waals surface area (Å²) in [6.07, 6.45) is 5.54. The normalized spacial score (nSPS) is 15.6. The van der Waals surface area contributed by atoms with Crippen molar-refractivity contribution in [3.63, 3.8) is 0 Å². The van der Waals surface area contributed by atoms with E-state index < -0.39 is 0 Å². The first kappa shape index (κ1) is 11.5. The standard InChI is InChI=1S/C16H19NO/c1-12(16-6-3-9-18-16)17-11-13-7-8-14-4-2-5-15(14)10-13/h3,6-10,12,17H,2,4-5,11H2,1H3/t12-/m0/s1. The fraction of sp³-hybridized carbons (Fsp3) is 0.375. The lowest BCUT2D eigenvalue weighted by Crippen LogP contribution is -2.17. The van der Waals surface area contributed by atoms with Gasteiger partial charge in [-0.25, -0.2) is 0 Å². The molecule has 1 aromatic carbocycles. The summed E-state index contributed by atoms with van der Waals surface area (Å²) in [5.74, 6) is 0.996. The fourth-order valence-electron chi connectivity index (χ4n) is 2.64. The smallest absolute Gasteiger partial charge is 0.120 e. The van der Waals surface area contributed by atoms with Gasteiger partial charge >= 0.3 is 0 Å². The van der Waals surface area contributed by atoms with Gasteiger partial charge in [0.1, 0.15) is 5.76 Å². The first-order valence-corrected chi connectivity index (χ1v) is 6.70. The SMILES string of the molecule is C[C@H](NCc1ccc2c(c1)CCC2)c1ccco1. The van der Waals surface area contributed by atoms with Crippen LogP contribution in [0.2, 0.25) is 0 Å². The molecule has 0 spiro atoms. The van der Waals surface area contributed by atoms with Gasteiger partial charge < -0.3 is 9.73 Å². The van der Waals surface area contributed by atoms with Crippen molar-refractivity contribution in [2.75, 3.05) is 0 Å². The molecule has 94 valence electrons. The molecule has 0 saturated heterocycles. The van der Waals surface area contributed by atoms with E-state index in [1.807, 2.05) is 12.1 Å². The van der Waals surface area contributed by atoms with E-state index in [4.69, 9.17) is 4.42 Å². The van der Waals surface area contributed by atoms with Gasteiger partial charge in [-0.1, -0.05) is 18.2 Å². The van der Waals surface area contributed by atoms with Gasteiger partial charge in [-0.05, 0) is 55.0 Å². The molecule has 3 rings (SSSR count). The second-order valence-electron chi connectivity index (χ2n) is 5.07. The summed E-state index contributed by atoms with van der Waals surface area (Å²) in [5.41, 5.74) is 4.45. The number of nitrogens with one attached hydrogen (secondary N) is 1. The van der Waals surface area contributed by atoms with Crippen LogP contribution in [0.3, 0.4) is 0 Å². The van der Waals surface area contributed by atoms with Crippen LogP contribution in [0, 0.1) is 0 Å². The lowest BCUT2D eigenvalue weighted by Gasteiger charge is -2.12. The summed E-state index contributed by atoms with van der Waals surface area (Å²) >= 11 is 0. The van der Waals surface area contributed by atoms with Crippen molar-refractivity contribution in [2.45, 2.75) is 38.8 Å². The van der Waals surface area contributed by atoms with Crippen molar-refractivity contribution in [1.82, 2.24) is 5.32 Å². The van der Waals surface area contributed by atoms with Crippen LogP contribution in [-0.4, -0.2) is 0 Å². The second kappa shape index (κ2) is 4.99. The molecule has 0 saturated carbocycles. The van der Waals surface area contributed by atoms with Crippen molar-refractivity contribution in [3.05, 3.63) is 59.0 Å².